The highest BCUT2D eigenvalue weighted by atomic mass is 16.5. The fourth-order valence-corrected chi connectivity index (χ4v) is 1.95. The molecule has 0 bridgehead atoms. The number of benzene rings is 1. The Morgan fingerprint density at radius 3 is 2.80 bits per heavy atom. The van der Waals surface area contributed by atoms with E-state index in [0.717, 1.165) is 43.7 Å². The smallest absolute Gasteiger partial charge is 0.225 e. The molecule has 0 unspecified atom stereocenters. The number of hydrogen-bond donors (Lipinski definition) is 1. The quantitative estimate of drug-likeness (QED) is 0.705. The monoisotopic (exact) mass is 278 g/mol. The van der Waals surface area contributed by atoms with Crippen LogP contribution in [0.2, 0.25) is 0 Å². The number of hydrogen-bond acceptors (Lipinski definition) is 3. The Labute approximate surface area is 121 Å². The maximum Gasteiger partial charge on any atom is 0.225 e. The van der Waals surface area contributed by atoms with E-state index in [1.54, 1.807) is 4.90 Å². The van der Waals surface area contributed by atoms with Gasteiger partial charge in [-0.2, -0.15) is 0 Å². The van der Waals surface area contributed by atoms with Gasteiger partial charge in [-0.25, -0.2) is 0 Å². The molecule has 0 saturated heterocycles. The molecule has 0 aliphatic carbocycles. The third kappa shape index (κ3) is 6.57. The molecule has 0 saturated carbocycles. The summed E-state index contributed by atoms with van der Waals surface area (Å²) in [5, 5.41) is 0. The molecule has 4 heteroatoms. The van der Waals surface area contributed by atoms with Crippen LogP contribution < -0.4 is 10.5 Å². The van der Waals surface area contributed by atoms with E-state index in [2.05, 4.69) is 0 Å². The van der Waals surface area contributed by atoms with Gasteiger partial charge >= 0.3 is 0 Å². The number of carbonyl (C=O) groups is 1. The van der Waals surface area contributed by atoms with Gasteiger partial charge in [0.2, 0.25) is 5.91 Å². The van der Waals surface area contributed by atoms with Gasteiger partial charge in [-0.15, -0.1) is 0 Å². The van der Waals surface area contributed by atoms with Gasteiger partial charge in [0.05, 0.1) is 13.0 Å². The summed E-state index contributed by atoms with van der Waals surface area (Å²) in [7, 11) is 1.84. The van der Waals surface area contributed by atoms with E-state index < -0.39 is 0 Å². The minimum absolute atomic E-state index is 0.130. The van der Waals surface area contributed by atoms with Gasteiger partial charge < -0.3 is 15.4 Å². The highest BCUT2D eigenvalue weighted by Crippen LogP contribution is 2.12. The van der Waals surface area contributed by atoms with Crippen LogP contribution in [0.15, 0.2) is 24.3 Å². The Hall–Kier alpha value is -1.55. The summed E-state index contributed by atoms with van der Waals surface area (Å²) < 4.78 is 5.59. The van der Waals surface area contributed by atoms with Gasteiger partial charge in [-0.1, -0.05) is 18.6 Å². The molecule has 0 aliphatic heterocycles. The van der Waals surface area contributed by atoms with E-state index in [0.29, 0.717) is 13.0 Å². The zero-order chi connectivity index (χ0) is 14.8. The van der Waals surface area contributed by atoms with Crippen molar-refractivity contribution in [3.8, 4) is 5.75 Å². The number of ether oxygens (including phenoxy) is 1. The molecule has 0 fully saturated rings. The van der Waals surface area contributed by atoms with Gasteiger partial charge in [0.25, 0.3) is 0 Å². The normalized spacial score (nSPS) is 10.3. The standard InChI is InChI=1S/C16H26N2O2/c1-14-7-6-8-15(13-14)20-12-9-16(19)18(2)11-5-3-4-10-17/h6-8,13H,3-5,9-12,17H2,1-2H3. The first kappa shape index (κ1) is 16.5. The predicted molar refractivity (Wildman–Crippen MR) is 81.8 cm³/mol. The van der Waals surface area contributed by atoms with Gasteiger partial charge in [0.15, 0.2) is 0 Å². The predicted octanol–water partition coefficient (Wildman–Crippen LogP) is 2.35. The minimum atomic E-state index is 0.130. The van der Waals surface area contributed by atoms with Gasteiger partial charge in [0, 0.05) is 13.6 Å². The number of aryl methyl sites for hydroxylation is 1. The van der Waals surface area contributed by atoms with Crippen LogP contribution >= 0.6 is 0 Å². The highest BCUT2D eigenvalue weighted by molar-refractivity contribution is 5.75. The van der Waals surface area contributed by atoms with Crippen LogP contribution in [0.5, 0.6) is 5.75 Å². The molecule has 4 nitrogen and oxygen atoms in total. The Kier molecular flexibility index (Phi) is 7.73. The largest absolute Gasteiger partial charge is 0.493 e. The summed E-state index contributed by atoms with van der Waals surface area (Å²) in [4.78, 5) is 13.7. The average Bonchev–Trinajstić information content (AvgIpc) is 2.43. The molecule has 112 valence electrons. The molecule has 2 N–H and O–H groups in total. The lowest BCUT2D eigenvalue weighted by Gasteiger charge is -2.17. The number of nitrogens with two attached hydrogens (primary N) is 1. The lowest BCUT2D eigenvalue weighted by Crippen LogP contribution is -2.29. The second-order valence-electron chi connectivity index (χ2n) is 5.08. The third-order valence-electron chi connectivity index (χ3n) is 3.20. The Morgan fingerprint density at radius 1 is 1.30 bits per heavy atom. The maximum atomic E-state index is 11.9. The molecule has 0 aromatic heterocycles. The van der Waals surface area contributed by atoms with Crippen LogP contribution in [0, 0.1) is 6.92 Å². The molecule has 0 heterocycles. The first-order valence-electron chi connectivity index (χ1n) is 7.27. The minimum Gasteiger partial charge on any atom is -0.493 e. The Balaban J connectivity index is 2.19. The summed E-state index contributed by atoms with van der Waals surface area (Å²) in [6.07, 6.45) is 3.53. The van der Waals surface area contributed by atoms with Crippen molar-refractivity contribution in [2.75, 3.05) is 26.7 Å². The summed E-state index contributed by atoms with van der Waals surface area (Å²) >= 11 is 0. The number of unbranched alkanes of at least 4 members (excludes halogenated alkanes) is 2. The van der Waals surface area contributed by atoms with Gasteiger partial charge in [-0.3, -0.25) is 4.79 Å². The molecule has 1 aromatic rings. The number of carbonyl (C=O) groups excluding carboxylic acids is 1. The molecule has 0 atom stereocenters. The molecule has 1 aromatic carbocycles. The Morgan fingerprint density at radius 2 is 2.10 bits per heavy atom. The van der Waals surface area contributed by atoms with Crippen LogP contribution in [-0.2, 0) is 4.79 Å². The molecular formula is C16H26N2O2. The number of rotatable bonds is 9. The fraction of sp³-hybridized carbons (Fsp3) is 0.562. The summed E-state index contributed by atoms with van der Waals surface area (Å²) in [5.41, 5.74) is 6.60. The van der Waals surface area contributed by atoms with Crippen molar-refractivity contribution in [1.29, 1.82) is 0 Å². The van der Waals surface area contributed by atoms with E-state index in [4.69, 9.17) is 10.5 Å². The SMILES string of the molecule is Cc1cccc(OCCC(=O)N(C)CCCCCN)c1. The van der Waals surface area contributed by atoms with E-state index >= 15 is 0 Å². The van der Waals surface area contributed by atoms with Crippen molar-refractivity contribution in [1.82, 2.24) is 4.90 Å². The number of amides is 1. The molecular weight excluding hydrogens is 252 g/mol. The zero-order valence-electron chi connectivity index (χ0n) is 12.6. The summed E-state index contributed by atoms with van der Waals surface area (Å²) in [6, 6.07) is 7.86. The highest BCUT2D eigenvalue weighted by Gasteiger charge is 2.08. The maximum absolute atomic E-state index is 11.9. The first-order chi connectivity index (χ1) is 9.63. The lowest BCUT2D eigenvalue weighted by atomic mass is 10.2. The van der Waals surface area contributed by atoms with Crippen LogP contribution in [-0.4, -0.2) is 37.6 Å². The van der Waals surface area contributed by atoms with Crippen molar-refractivity contribution in [2.45, 2.75) is 32.6 Å². The molecule has 1 rings (SSSR count). The molecule has 0 spiro atoms. The Bertz CT molecular complexity index is 407. The summed E-state index contributed by atoms with van der Waals surface area (Å²) in [6.45, 7) is 3.97. The van der Waals surface area contributed by atoms with Crippen LogP contribution in [0.1, 0.15) is 31.2 Å². The van der Waals surface area contributed by atoms with E-state index in [9.17, 15) is 4.79 Å². The molecule has 1 amide bonds. The second kappa shape index (κ2) is 9.37. The van der Waals surface area contributed by atoms with Crippen LogP contribution in [0.3, 0.4) is 0 Å². The van der Waals surface area contributed by atoms with Gasteiger partial charge in [-0.05, 0) is 44.0 Å². The second-order valence-corrected chi connectivity index (χ2v) is 5.08. The van der Waals surface area contributed by atoms with Gasteiger partial charge in [0.1, 0.15) is 5.75 Å². The third-order valence-corrected chi connectivity index (χ3v) is 3.20. The van der Waals surface area contributed by atoms with E-state index in [1.807, 2.05) is 38.2 Å². The topological polar surface area (TPSA) is 55.6 Å². The van der Waals surface area contributed by atoms with Crippen molar-refractivity contribution >= 4 is 5.91 Å². The average molecular weight is 278 g/mol. The molecule has 0 radical (unpaired) electrons. The zero-order valence-corrected chi connectivity index (χ0v) is 12.6. The summed E-state index contributed by atoms with van der Waals surface area (Å²) in [5.74, 6) is 0.953. The van der Waals surface area contributed by atoms with Crippen molar-refractivity contribution in [3.63, 3.8) is 0 Å². The molecule has 0 aliphatic rings. The number of nitrogens with zero attached hydrogens (tertiary/aromatic N) is 1. The lowest BCUT2D eigenvalue weighted by molar-refractivity contribution is -0.130. The van der Waals surface area contributed by atoms with Crippen LogP contribution in [0.4, 0.5) is 0 Å². The first-order valence-corrected chi connectivity index (χ1v) is 7.27. The van der Waals surface area contributed by atoms with E-state index in [-0.39, 0.29) is 5.91 Å². The van der Waals surface area contributed by atoms with Crippen LogP contribution in [0.25, 0.3) is 0 Å². The molecule has 20 heavy (non-hydrogen) atoms. The van der Waals surface area contributed by atoms with Crippen molar-refractivity contribution in [2.24, 2.45) is 5.73 Å². The van der Waals surface area contributed by atoms with Crippen molar-refractivity contribution in [3.05, 3.63) is 29.8 Å². The van der Waals surface area contributed by atoms with E-state index in [1.165, 1.54) is 0 Å². The van der Waals surface area contributed by atoms with Crippen molar-refractivity contribution < 1.29 is 9.53 Å². The fourth-order valence-electron chi connectivity index (χ4n) is 1.95.